The van der Waals surface area contributed by atoms with Gasteiger partial charge in [-0.05, 0) is 69.1 Å². The molecule has 4 rings (SSSR count). The van der Waals surface area contributed by atoms with Crippen molar-refractivity contribution in [2.75, 3.05) is 6.61 Å². The van der Waals surface area contributed by atoms with E-state index in [1.807, 2.05) is 6.08 Å². The fraction of sp³-hybridized carbons (Fsp3) is 0.826. The minimum Gasteiger partial charge on any atom is -0.465 e. The van der Waals surface area contributed by atoms with Gasteiger partial charge in [-0.2, -0.15) is 0 Å². The van der Waals surface area contributed by atoms with Crippen LogP contribution in [0.5, 0.6) is 0 Å². The molecule has 4 aliphatic rings. The van der Waals surface area contributed by atoms with Crippen LogP contribution in [0.2, 0.25) is 0 Å². The lowest BCUT2D eigenvalue weighted by molar-refractivity contribution is -0.160. The Bertz CT molecular complexity index is 684. The van der Waals surface area contributed by atoms with Gasteiger partial charge in [-0.1, -0.05) is 18.6 Å². The molecule has 3 fully saturated rings. The van der Waals surface area contributed by atoms with Gasteiger partial charge in [-0.15, -0.1) is 0 Å². The first-order chi connectivity index (χ1) is 13.3. The molecule has 7 atom stereocenters. The smallest absolute Gasteiger partial charge is 0.302 e. The zero-order valence-corrected chi connectivity index (χ0v) is 17.4. The zero-order chi connectivity index (χ0) is 20.1. The minimum atomic E-state index is -0.370. The number of aliphatic hydroxyl groups is 1. The fourth-order valence-electron chi connectivity index (χ4n) is 7.35. The Kier molecular flexibility index (Phi) is 5.09. The van der Waals surface area contributed by atoms with E-state index < -0.39 is 0 Å². The normalized spacial score (nSPS) is 44.6. The van der Waals surface area contributed by atoms with Crippen LogP contribution in [-0.2, 0) is 19.1 Å². The molecule has 0 bridgehead atoms. The van der Waals surface area contributed by atoms with Gasteiger partial charge < -0.3 is 14.6 Å². The first-order valence-electron chi connectivity index (χ1n) is 11.0. The lowest BCUT2D eigenvalue weighted by Crippen LogP contribution is -2.54. The third kappa shape index (κ3) is 3.10. The van der Waals surface area contributed by atoms with E-state index in [-0.39, 0.29) is 35.0 Å². The number of hydrogen-bond acceptors (Lipinski definition) is 5. The third-order valence-corrected chi connectivity index (χ3v) is 8.57. The molecule has 0 aliphatic heterocycles. The van der Waals surface area contributed by atoms with Gasteiger partial charge in [-0.25, -0.2) is 0 Å². The molecule has 0 amide bonds. The molecule has 0 unspecified atom stereocenters. The lowest BCUT2D eigenvalue weighted by Gasteiger charge is -2.58. The summed E-state index contributed by atoms with van der Waals surface area (Å²) in [5.41, 5.74) is 1.26. The summed E-state index contributed by atoms with van der Waals surface area (Å²) in [5, 5.41) is 10.2. The van der Waals surface area contributed by atoms with E-state index in [9.17, 15) is 14.7 Å². The predicted molar refractivity (Wildman–Crippen MR) is 104 cm³/mol. The van der Waals surface area contributed by atoms with Gasteiger partial charge in [0.1, 0.15) is 12.7 Å². The second kappa shape index (κ2) is 7.16. The van der Waals surface area contributed by atoms with Crippen LogP contribution >= 0.6 is 0 Å². The number of ether oxygens (including phenoxy) is 2. The molecule has 0 radical (unpaired) electrons. The summed E-state index contributed by atoms with van der Waals surface area (Å²) in [5.74, 6) is 1.21. The van der Waals surface area contributed by atoms with E-state index in [4.69, 9.17) is 9.47 Å². The fourth-order valence-corrected chi connectivity index (χ4v) is 7.35. The number of hydrogen-bond donors (Lipinski definition) is 1. The van der Waals surface area contributed by atoms with Crippen LogP contribution in [0.15, 0.2) is 11.6 Å². The highest BCUT2D eigenvalue weighted by Gasteiger charge is 2.61. The predicted octanol–water partition coefficient (Wildman–Crippen LogP) is 3.79. The van der Waals surface area contributed by atoms with Crippen molar-refractivity contribution in [3.63, 3.8) is 0 Å². The molecule has 0 heterocycles. The molecule has 5 nitrogen and oxygen atoms in total. The first kappa shape index (κ1) is 19.9. The number of carbonyl (C=O) groups is 2. The van der Waals surface area contributed by atoms with Gasteiger partial charge in [0.2, 0.25) is 0 Å². The van der Waals surface area contributed by atoms with Crippen molar-refractivity contribution in [1.82, 2.24) is 0 Å². The van der Waals surface area contributed by atoms with Gasteiger partial charge in [-0.3, -0.25) is 9.59 Å². The van der Waals surface area contributed by atoms with Gasteiger partial charge in [0.05, 0.1) is 6.10 Å². The summed E-state index contributed by atoms with van der Waals surface area (Å²) in [6.07, 6.45) is 9.64. The summed E-state index contributed by atoms with van der Waals surface area (Å²) in [6, 6.07) is 0. The molecule has 1 N–H and O–H groups in total. The Hall–Kier alpha value is -1.36. The topological polar surface area (TPSA) is 72.8 Å². The lowest BCUT2D eigenvalue weighted by atomic mass is 9.47. The largest absolute Gasteiger partial charge is 0.465 e. The minimum absolute atomic E-state index is 0.0329. The average molecular weight is 391 g/mol. The summed E-state index contributed by atoms with van der Waals surface area (Å²) in [7, 11) is 0. The number of esters is 2. The van der Waals surface area contributed by atoms with Crippen LogP contribution in [0, 0.1) is 28.6 Å². The van der Waals surface area contributed by atoms with Gasteiger partial charge >= 0.3 is 11.9 Å². The maximum Gasteiger partial charge on any atom is 0.302 e. The third-order valence-electron chi connectivity index (χ3n) is 8.57. The van der Waals surface area contributed by atoms with Gasteiger partial charge in [0.25, 0.3) is 0 Å². The Morgan fingerprint density at radius 3 is 2.57 bits per heavy atom. The van der Waals surface area contributed by atoms with E-state index in [0.29, 0.717) is 24.4 Å². The van der Waals surface area contributed by atoms with E-state index in [1.54, 1.807) is 0 Å². The molecule has 3 saturated carbocycles. The SMILES string of the molecule is CC(=O)OC[C@]12CC[C@H](O)C=C1CC[C@@H]1[C@@H]2CC[C@]2(C)[C@@H](OC(C)=O)CC[C@@H]12. The van der Waals surface area contributed by atoms with Crippen LogP contribution in [0.4, 0.5) is 0 Å². The quantitative estimate of drug-likeness (QED) is 0.586. The highest BCUT2D eigenvalue weighted by molar-refractivity contribution is 5.66. The second-order valence-corrected chi connectivity index (χ2v) is 9.87. The molecule has 0 saturated heterocycles. The number of carbonyl (C=O) groups excluding carboxylic acids is 2. The molecule has 0 aromatic heterocycles. The highest BCUT2D eigenvalue weighted by atomic mass is 16.5. The van der Waals surface area contributed by atoms with Gasteiger partial charge in [0.15, 0.2) is 0 Å². The van der Waals surface area contributed by atoms with Crippen molar-refractivity contribution in [3.8, 4) is 0 Å². The zero-order valence-electron chi connectivity index (χ0n) is 17.4. The molecule has 0 aromatic rings. The number of aliphatic hydroxyl groups excluding tert-OH is 1. The van der Waals surface area contributed by atoms with Crippen molar-refractivity contribution in [3.05, 3.63) is 11.6 Å². The van der Waals surface area contributed by atoms with Gasteiger partial charge in [0, 0.05) is 24.7 Å². The summed E-state index contributed by atoms with van der Waals surface area (Å²) in [4.78, 5) is 23.2. The first-order valence-corrected chi connectivity index (χ1v) is 11.0. The van der Waals surface area contributed by atoms with Crippen LogP contribution < -0.4 is 0 Å². The maximum absolute atomic E-state index is 11.6. The van der Waals surface area contributed by atoms with Crippen molar-refractivity contribution in [2.24, 2.45) is 28.6 Å². The maximum atomic E-state index is 11.6. The standard InChI is InChI=1S/C23H34O5/c1-14(24)27-13-23-11-8-17(26)12-16(23)4-5-18-19-6-7-21(28-15(2)25)22(19,3)10-9-20(18)23/h12,17-21,26H,4-11,13H2,1-3H3/t17-,18-,19-,20-,21-,22-,23+/m0/s1. The Labute approximate surface area is 167 Å². The summed E-state index contributed by atoms with van der Waals surface area (Å²) in [6.45, 7) is 5.76. The number of fused-ring (bicyclic) bond motifs is 5. The average Bonchev–Trinajstić information content (AvgIpc) is 2.96. The van der Waals surface area contributed by atoms with E-state index in [0.717, 1.165) is 51.4 Å². The second-order valence-electron chi connectivity index (χ2n) is 9.87. The van der Waals surface area contributed by atoms with Crippen molar-refractivity contribution in [2.45, 2.75) is 84.3 Å². The van der Waals surface area contributed by atoms with Crippen molar-refractivity contribution >= 4 is 11.9 Å². The van der Waals surface area contributed by atoms with E-state index >= 15 is 0 Å². The molecule has 0 aromatic carbocycles. The molecule has 0 spiro atoms. The molecule has 28 heavy (non-hydrogen) atoms. The van der Waals surface area contributed by atoms with Crippen molar-refractivity contribution in [1.29, 1.82) is 0 Å². The monoisotopic (exact) mass is 390 g/mol. The molecular weight excluding hydrogens is 356 g/mol. The van der Waals surface area contributed by atoms with Crippen LogP contribution in [-0.4, -0.2) is 35.9 Å². The molecular formula is C23H34O5. The van der Waals surface area contributed by atoms with E-state index in [2.05, 4.69) is 6.92 Å². The van der Waals surface area contributed by atoms with Crippen molar-refractivity contribution < 1.29 is 24.2 Å². The van der Waals surface area contributed by atoms with E-state index in [1.165, 1.54) is 19.4 Å². The molecule has 4 aliphatic carbocycles. The summed E-state index contributed by atoms with van der Waals surface area (Å²) < 4.78 is 11.3. The van der Waals surface area contributed by atoms with Crippen LogP contribution in [0.3, 0.4) is 0 Å². The Balaban J connectivity index is 1.64. The molecule has 5 heteroatoms. The summed E-state index contributed by atoms with van der Waals surface area (Å²) >= 11 is 0. The Morgan fingerprint density at radius 1 is 1.07 bits per heavy atom. The highest BCUT2D eigenvalue weighted by Crippen LogP contribution is 2.66. The number of rotatable bonds is 3. The van der Waals surface area contributed by atoms with Crippen LogP contribution in [0.25, 0.3) is 0 Å². The molecule has 156 valence electrons. The Morgan fingerprint density at radius 2 is 1.86 bits per heavy atom. The van der Waals surface area contributed by atoms with Crippen LogP contribution in [0.1, 0.15) is 72.1 Å².